The Bertz CT molecular complexity index is 673. The van der Waals surface area contributed by atoms with E-state index < -0.39 is 4.92 Å². The van der Waals surface area contributed by atoms with E-state index in [4.69, 9.17) is 27.9 Å². The van der Waals surface area contributed by atoms with Crippen LogP contribution in [0.5, 0.6) is 11.8 Å². The average molecular weight is 315 g/mol. The highest BCUT2D eigenvalue weighted by atomic mass is 35.5. The molecule has 1 heterocycles. The van der Waals surface area contributed by atoms with Gasteiger partial charge in [0.1, 0.15) is 5.75 Å². The minimum Gasteiger partial charge on any atom is -0.424 e. The summed E-state index contributed by atoms with van der Waals surface area (Å²) in [6.45, 7) is 3.39. The number of aromatic nitrogens is 3. The van der Waals surface area contributed by atoms with Crippen molar-refractivity contribution in [1.29, 1.82) is 0 Å². The van der Waals surface area contributed by atoms with E-state index in [1.54, 1.807) is 19.9 Å². The molecule has 7 nitrogen and oxygen atoms in total. The van der Waals surface area contributed by atoms with Gasteiger partial charge in [-0.2, -0.15) is 15.0 Å². The molecule has 0 saturated heterocycles. The highest BCUT2D eigenvalue weighted by Crippen LogP contribution is 2.30. The van der Waals surface area contributed by atoms with Gasteiger partial charge < -0.3 is 4.74 Å². The zero-order valence-corrected chi connectivity index (χ0v) is 11.9. The van der Waals surface area contributed by atoms with E-state index in [2.05, 4.69) is 15.0 Å². The van der Waals surface area contributed by atoms with Crippen LogP contribution < -0.4 is 4.74 Å². The van der Waals surface area contributed by atoms with E-state index in [0.717, 1.165) is 0 Å². The lowest BCUT2D eigenvalue weighted by atomic mass is 10.1. The monoisotopic (exact) mass is 314 g/mol. The predicted octanol–water partition coefficient (Wildman–Crippen LogP) is 3.50. The summed E-state index contributed by atoms with van der Waals surface area (Å²) in [5.41, 5.74) is 1.17. The third-order valence-electron chi connectivity index (χ3n) is 2.45. The summed E-state index contributed by atoms with van der Waals surface area (Å²) < 4.78 is 5.38. The number of nitrogens with zero attached hydrogens (tertiary/aromatic N) is 4. The van der Waals surface area contributed by atoms with Gasteiger partial charge in [0.15, 0.2) is 0 Å². The zero-order valence-electron chi connectivity index (χ0n) is 10.4. The molecule has 104 valence electrons. The van der Waals surface area contributed by atoms with Crippen molar-refractivity contribution in [1.82, 2.24) is 15.0 Å². The highest BCUT2D eigenvalue weighted by Gasteiger charge is 2.16. The van der Waals surface area contributed by atoms with Crippen LogP contribution in [0.3, 0.4) is 0 Å². The Hall–Kier alpha value is -1.99. The molecule has 0 amide bonds. The molecule has 1 aromatic carbocycles. The molecule has 0 bridgehead atoms. The topological polar surface area (TPSA) is 91.0 Å². The number of ether oxygens (including phenoxy) is 1. The predicted molar refractivity (Wildman–Crippen MR) is 72.5 cm³/mol. The van der Waals surface area contributed by atoms with Crippen LogP contribution in [0.25, 0.3) is 0 Å². The highest BCUT2D eigenvalue weighted by molar-refractivity contribution is 6.31. The average Bonchev–Trinajstić information content (AvgIpc) is 2.30. The van der Waals surface area contributed by atoms with Gasteiger partial charge in [-0.15, -0.1) is 0 Å². The number of nitro groups is 1. The van der Waals surface area contributed by atoms with E-state index in [1.807, 2.05) is 0 Å². The summed E-state index contributed by atoms with van der Waals surface area (Å²) in [5.74, 6) is 0.251. The van der Waals surface area contributed by atoms with E-state index in [0.29, 0.717) is 11.1 Å². The van der Waals surface area contributed by atoms with Gasteiger partial charge in [-0.25, -0.2) is 0 Å². The summed E-state index contributed by atoms with van der Waals surface area (Å²) in [6.07, 6.45) is 0. The number of halogens is 2. The fourth-order valence-corrected chi connectivity index (χ4v) is 1.93. The van der Waals surface area contributed by atoms with Crippen LogP contribution in [0.1, 0.15) is 11.1 Å². The van der Waals surface area contributed by atoms with E-state index in [1.165, 1.54) is 6.07 Å². The van der Waals surface area contributed by atoms with Gasteiger partial charge in [-0.3, -0.25) is 10.1 Å². The summed E-state index contributed by atoms with van der Waals surface area (Å²) in [5, 5.41) is 10.7. The number of hydrogen-bond acceptors (Lipinski definition) is 6. The van der Waals surface area contributed by atoms with Crippen molar-refractivity contribution in [2.75, 3.05) is 0 Å². The van der Waals surface area contributed by atoms with Crippen LogP contribution in [0, 0.1) is 24.0 Å². The Morgan fingerprint density at radius 1 is 1.10 bits per heavy atom. The maximum atomic E-state index is 10.9. The molecule has 20 heavy (non-hydrogen) atoms. The molecule has 0 aliphatic heterocycles. The number of nitro benzene ring substituents is 1. The Morgan fingerprint density at radius 2 is 1.70 bits per heavy atom. The number of aryl methyl sites for hydroxylation is 2. The lowest BCUT2D eigenvalue weighted by Crippen LogP contribution is -1.99. The molecule has 1 aromatic heterocycles. The summed E-state index contributed by atoms with van der Waals surface area (Å²) in [7, 11) is 0. The number of hydrogen-bond donors (Lipinski definition) is 0. The minimum atomic E-state index is -0.491. The quantitative estimate of drug-likeness (QED) is 0.636. The molecule has 0 fully saturated rings. The maximum absolute atomic E-state index is 10.9. The lowest BCUT2D eigenvalue weighted by Gasteiger charge is -2.08. The van der Waals surface area contributed by atoms with Crippen molar-refractivity contribution in [2.45, 2.75) is 13.8 Å². The second-order valence-corrected chi connectivity index (χ2v) is 4.60. The first-order valence-electron chi connectivity index (χ1n) is 5.37. The number of benzene rings is 1. The molecule has 0 saturated carbocycles. The van der Waals surface area contributed by atoms with Gasteiger partial charge in [0.05, 0.1) is 11.0 Å². The van der Waals surface area contributed by atoms with Crippen molar-refractivity contribution >= 4 is 28.9 Å². The van der Waals surface area contributed by atoms with Crippen molar-refractivity contribution in [3.05, 3.63) is 43.9 Å². The molecule has 0 atom stereocenters. The third-order valence-corrected chi connectivity index (χ3v) is 2.79. The fourth-order valence-electron chi connectivity index (χ4n) is 1.58. The first kappa shape index (κ1) is 14.4. The first-order chi connectivity index (χ1) is 9.36. The normalized spacial score (nSPS) is 10.4. The Labute approximate surface area is 123 Å². The molecule has 0 radical (unpaired) electrons. The molecule has 0 unspecified atom stereocenters. The largest absolute Gasteiger partial charge is 0.424 e. The maximum Gasteiger partial charge on any atom is 0.327 e. The van der Waals surface area contributed by atoms with E-state index in [-0.39, 0.29) is 28.0 Å². The second-order valence-electron chi connectivity index (χ2n) is 3.92. The Kier molecular flexibility index (Phi) is 4.01. The molecular weight excluding hydrogens is 307 g/mol. The zero-order chi connectivity index (χ0) is 14.9. The van der Waals surface area contributed by atoms with Crippen molar-refractivity contribution < 1.29 is 9.66 Å². The molecule has 2 rings (SSSR count). The summed E-state index contributed by atoms with van der Waals surface area (Å²) in [4.78, 5) is 21.5. The molecule has 0 spiro atoms. The number of rotatable bonds is 3. The van der Waals surface area contributed by atoms with Crippen molar-refractivity contribution in [3.63, 3.8) is 0 Å². The van der Waals surface area contributed by atoms with Crippen LogP contribution in [-0.2, 0) is 0 Å². The molecular formula is C11H8Cl2N4O3. The van der Waals surface area contributed by atoms with Crippen LogP contribution in [0.2, 0.25) is 10.6 Å². The molecule has 0 aliphatic rings. The SMILES string of the molecule is Cc1cc(C)c([N+](=O)[O-])cc1Oc1nc(Cl)nc(Cl)n1. The Morgan fingerprint density at radius 3 is 2.25 bits per heavy atom. The second kappa shape index (κ2) is 5.56. The standard InChI is InChI=1S/C11H8Cl2N4O3/c1-5-3-6(2)8(4-7(5)17(18)19)20-11-15-9(12)14-10(13)16-11/h3-4H,1-2H3. The third kappa shape index (κ3) is 3.12. The van der Waals surface area contributed by atoms with Crippen LogP contribution in [0.4, 0.5) is 5.69 Å². The van der Waals surface area contributed by atoms with Crippen molar-refractivity contribution in [2.24, 2.45) is 0 Å². The van der Waals surface area contributed by atoms with Gasteiger partial charge in [-0.05, 0) is 48.7 Å². The van der Waals surface area contributed by atoms with Gasteiger partial charge in [-0.1, -0.05) is 0 Å². The van der Waals surface area contributed by atoms with Crippen LogP contribution in [-0.4, -0.2) is 19.9 Å². The van der Waals surface area contributed by atoms with Crippen LogP contribution in [0.15, 0.2) is 12.1 Å². The smallest absolute Gasteiger partial charge is 0.327 e. The van der Waals surface area contributed by atoms with Gasteiger partial charge in [0.2, 0.25) is 10.6 Å². The molecule has 9 heteroatoms. The van der Waals surface area contributed by atoms with E-state index >= 15 is 0 Å². The van der Waals surface area contributed by atoms with Crippen LogP contribution >= 0.6 is 23.2 Å². The fraction of sp³-hybridized carbons (Fsp3) is 0.182. The minimum absolute atomic E-state index is 0.0585. The summed E-state index contributed by atoms with van der Waals surface area (Å²) >= 11 is 11.3. The molecule has 2 aromatic rings. The molecule has 0 N–H and O–H groups in total. The van der Waals surface area contributed by atoms with Gasteiger partial charge >= 0.3 is 6.01 Å². The van der Waals surface area contributed by atoms with Gasteiger partial charge in [0, 0.05) is 5.56 Å². The van der Waals surface area contributed by atoms with E-state index in [9.17, 15) is 10.1 Å². The molecule has 0 aliphatic carbocycles. The van der Waals surface area contributed by atoms with Crippen molar-refractivity contribution in [3.8, 4) is 11.8 Å². The van der Waals surface area contributed by atoms with Gasteiger partial charge in [0.25, 0.3) is 5.69 Å². The first-order valence-corrected chi connectivity index (χ1v) is 6.13. The summed E-state index contributed by atoms with van der Waals surface area (Å²) in [6, 6.07) is 2.81. The Balaban J connectivity index is 2.42. The lowest BCUT2D eigenvalue weighted by molar-refractivity contribution is -0.385.